The maximum absolute atomic E-state index is 12.1. The van der Waals surface area contributed by atoms with E-state index in [-0.39, 0.29) is 17.1 Å². The minimum atomic E-state index is -0.409. The average molecular weight is 289 g/mol. The van der Waals surface area contributed by atoms with Crippen molar-refractivity contribution in [3.63, 3.8) is 0 Å². The van der Waals surface area contributed by atoms with Crippen LogP contribution in [0, 0.1) is 12.3 Å². The quantitative estimate of drug-likeness (QED) is 0.872. The number of ketones is 1. The SMILES string of the molecule is CCC(=O)C(NC(=O)CCc1ccc(C)cc1)C(C)(C)C. The lowest BCUT2D eigenvalue weighted by atomic mass is 9.83. The van der Waals surface area contributed by atoms with Gasteiger partial charge >= 0.3 is 0 Å². The highest BCUT2D eigenvalue weighted by molar-refractivity contribution is 5.89. The first-order chi connectivity index (χ1) is 9.74. The largest absolute Gasteiger partial charge is 0.346 e. The lowest BCUT2D eigenvalue weighted by molar-refractivity contribution is -0.130. The lowest BCUT2D eigenvalue weighted by Gasteiger charge is -2.30. The molecule has 1 aromatic rings. The van der Waals surface area contributed by atoms with E-state index in [0.717, 1.165) is 5.56 Å². The van der Waals surface area contributed by atoms with Gasteiger partial charge in [-0.3, -0.25) is 9.59 Å². The van der Waals surface area contributed by atoms with Gasteiger partial charge < -0.3 is 5.32 Å². The van der Waals surface area contributed by atoms with Crippen molar-refractivity contribution >= 4 is 11.7 Å². The smallest absolute Gasteiger partial charge is 0.220 e. The van der Waals surface area contributed by atoms with Gasteiger partial charge in [-0.2, -0.15) is 0 Å². The first kappa shape index (κ1) is 17.4. The van der Waals surface area contributed by atoms with Crippen LogP contribution in [-0.2, 0) is 16.0 Å². The first-order valence-electron chi connectivity index (χ1n) is 7.61. The molecule has 0 aliphatic carbocycles. The molecule has 0 aromatic heterocycles. The van der Waals surface area contributed by atoms with Gasteiger partial charge in [-0.25, -0.2) is 0 Å². The molecule has 1 atom stereocenters. The predicted octanol–water partition coefficient (Wildman–Crippen LogP) is 3.44. The molecular weight excluding hydrogens is 262 g/mol. The normalized spacial score (nSPS) is 12.8. The van der Waals surface area contributed by atoms with Crippen molar-refractivity contribution in [2.45, 2.75) is 59.9 Å². The van der Waals surface area contributed by atoms with E-state index in [1.165, 1.54) is 5.56 Å². The highest BCUT2D eigenvalue weighted by Crippen LogP contribution is 2.21. The van der Waals surface area contributed by atoms with E-state index in [9.17, 15) is 9.59 Å². The Morgan fingerprint density at radius 2 is 1.71 bits per heavy atom. The fourth-order valence-corrected chi connectivity index (χ4v) is 2.23. The van der Waals surface area contributed by atoms with Gasteiger partial charge in [0, 0.05) is 12.8 Å². The van der Waals surface area contributed by atoms with Gasteiger partial charge in [0.15, 0.2) is 5.78 Å². The molecule has 116 valence electrons. The molecule has 1 N–H and O–H groups in total. The van der Waals surface area contributed by atoms with Crippen LogP contribution in [0.5, 0.6) is 0 Å². The van der Waals surface area contributed by atoms with Gasteiger partial charge in [-0.15, -0.1) is 0 Å². The van der Waals surface area contributed by atoms with Gasteiger partial charge in [-0.1, -0.05) is 57.5 Å². The summed E-state index contributed by atoms with van der Waals surface area (Å²) in [7, 11) is 0. The van der Waals surface area contributed by atoms with E-state index in [0.29, 0.717) is 19.3 Å². The fourth-order valence-electron chi connectivity index (χ4n) is 2.23. The van der Waals surface area contributed by atoms with Gasteiger partial charge in [0.1, 0.15) is 0 Å². The molecule has 21 heavy (non-hydrogen) atoms. The molecular formula is C18H27NO2. The highest BCUT2D eigenvalue weighted by atomic mass is 16.2. The molecule has 3 heteroatoms. The number of benzene rings is 1. The van der Waals surface area contributed by atoms with E-state index < -0.39 is 6.04 Å². The van der Waals surface area contributed by atoms with Crippen molar-refractivity contribution in [1.29, 1.82) is 0 Å². The van der Waals surface area contributed by atoms with Crippen LogP contribution in [0.3, 0.4) is 0 Å². The van der Waals surface area contributed by atoms with Crippen molar-refractivity contribution in [3.8, 4) is 0 Å². The van der Waals surface area contributed by atoms with Crippen LogP contribution in [0.25, 0.3) is 0 Å². The summed E-state index contributed by atoms with van der Waals surface area (Å²) < 4.78 is 0. The highest BCUT2D eigenvalue weighted by Gasteiger charge is 2.31. The predicted molar refractivity (Wildman–Crippen MR) is 86.2 cm³/mol. The Kier molecular flexibility index (Phi) is 6.13. The molecule has 0 fully saturated rings. The number of aryl methyl sites for hydroxylation is 2. The summed E-state index contributed by atoms with van der Waals surface area (Å²) in [6, 6.07) is 7.77. The van der Waals surface area contributed by atoms with Crippen LogP contribution < -0.4 is 5.32 Å². The van der Waals surface area contributed by atoms with Crippen molar-refractivity contribution in [2.75, 3.05) is 0 Å². The first-order valence-corrected chi connectivity index (χ1v) is 7.61. The van der Waals surface area contributed by atoms with Crippen LogP contribution in [0.4, 0.5) is 0 Å². The van der Waals surface area contributed by atoms with Gasteiger partial charge in [0.25, 0.3) is 0 Å². The third-order valence-corrected chi connectivity index (χ3v) is 3.60. The Hall–Kier alpha value is -1.64. The van der Waals surface area contributed by atoms with E-state index in [4.69, 9.17) is 0 Å². The Labute approximate surface area is 128 Å². The Morgan fingerprint density at radius 3 is 2.19 bits per heavy atom. The third kappa shape index (κ3) is 5.70. The van der Waals surface area contributed by atoms with Gasteiger partial charge in [0.2, 0.25) is 5.91 Å². The monoisotopic (exact) mass is 289 g/mol. The summed E-state index contributed by atoms with van der Waals surface area (Å²) in [5.41, 5.74) is 2.10. The molecule has 1 aromatic carbocycles. The topological polar surface area (TPSA) is 46.2 Å². The Morgan fingerprint density at radius 1 is 1.14 bits per heavy atom. The van der Waals surface area contributed by atoms with Crippen molar-refractivity contribution in [3.05, 3.63) is 35.4 Å². The molecule has 0 heterocycles. The molecule has 1 amide bonds. The number of Topliss-reactive ketones (excluding diaryl/α,β-unsaturated/α-hetero) is 1. The summed E-state index contributed by atoms with van der Waals surface area (Å²) in [5.74, 6) is 0.0310. The molecule has 0 saturated carbocycles. The molecule has 3 nitrogen and oxygen atoms in total. The second-order valence-corrected chi connectivity index (χ2v) is 6.67. The Bertz CT molecular complexity index is 483. The summed E-state index contributed by atoms with van der Waals surface area (Å²) in [6.45, 7) is 9.81. The lowest BCUT2D eigenvalue weighted by Crippen LogP contribution is -2.49. The van der Waals surface area contributed by atoms with Gasteiger partial charge in [0.05, 0.1) is 6.04 Å². The molecule has 1 unspecified atom stereocenters. The maximum Gasteiger partial charge on any atom is 0.220 e. The summed E-state index contributed by atoms with van der Waals surface area (Å²) in [4.78, 5) is 24.1. The van der Waals surface area contributed by atoms with Crippen LogP contribution in [0.2, 0.25) is 0 Å². The maximum atomic E-state index is 12.1. The second-order valence-electron chi connectivity index (χ2n) is 6.67. The number of nitrogens with one attached hydrogen (secondary N) is 1. The average Bonchev–Trinajstić information content (AvgIpc) is 2.42. The number of hydrogen-bond acceptors (Lipinski definition) is 2. The number of hydrogen-bond donors (Lipinski definition) is 1. The van der Waals surface area contributed by atoms with Crippen LogP contribution in [-0.4, -0.2) is 17.7 Å². The number of rotatable bonds is 6. The second kappa shape index (κ2) is 7.39. The zero-order valence-corrected chi connectivity index (χ0v) is 13.8. The Balaban J connectivity index is 2.58. The minimum absolute atomic E-state index is 0.0581. The molecule has 0 spiro atoms. The summed E-state index contributed by atoms with van der Waals surface area (Å²) >= 11 is 0. The van der Waals surface area contributed by atoms with Crippen molar-refractivity contribution in [2.24, 2.45) is 5.41 Å². The van der Waals surface area contributed by atoms with Crippen LogP contribution in [0.1, 0.15) is 51.7 Å². The minimum Gasteiger partial charge on any atom is -0.346 e. The standard InChI is InChI=1S/C18H27NO2/c1-6-15(20)17(18(3,4)5)19-16(21)12-11-14-9-7-13(2)8-10-14/h7-10,17H,6,11-12H2,1-5H3,(H,19,21). The summed E-state index contributed by atoms with van der Waals surface area (Å²) in [6.07, 6.45) is 1.55. The molecule has 0 saturated heterocycles. The zero-order valence-electron chi connectivity index (χ0n) is 13.8. The van der Waals surface area contributed by atoms with E-state index in [2.05, 4.69) is 5.32 Å². The van der Waals surface area contributed by atoms with E-state index in [1.807, 2.05) is 58.9 Å². The summed E-state index contributed by atoms with van der Waals surface area (Å²) in [5, 5.41) is 2.90. The van der Waals surface area contributed by atoms with Gasteiger partial charge in [-0.05, 0) is 24.3 Å². The fraction of sp³-hybridized carbons (Fsp3) is 0.556. The van der Waals surface area contributed by atoms with Crippen LogP contribution in [0.15, 0.2) is 24.3 Å². The van der Waals surface area contributed by atoms with Crippen molar-refractivity contribution in [1.82, 2.24) is 5.32 Å². The number of carbonyl (C=O) groups is 2. The number of carbonyl (C=O) groups excluding carboxylic acids is 2. The third-order valence-electron chi connectivity index (χ3n) is 3.60. The molecule has 0 aliphatic heterocycles. The number of amides is 1. The van der Waals surface area contributed by atoms with E-state index >= 15 is 0 Å². The molecule has 0 bridgehead atoms. The zero-order chi connectivity index (χ0) is 16.0. The molecule has 1 rings (SSSR count). The van der Waals surface area contributed by atoms with Crippen LogP contribution >= 0.6 is 0 Å². The molecule has 0 aliphatic rings. The molecule has 0 radical (unpaired) electrons. The van der Waals surface area contributed by atoms with E-state index in [1.54, 1.807) is 0 Å². The van der Waals surface area contributed by atoms with Crippen molar-refractivity contribution < 1.29 is 9.59 Å².